The van der Waals surface area contributed by atoms with Crippen LogP contribution in [0.5, 0.6) is 11.6 Å². The Balaban J connectivity index is 1.57. The highest BCUT2D eigenvalue weighted by Crippen LogP contribution is 2.33. The van der Waals surface area contributed by atoms with Crippen molar-refractivity contribution in [3.8, 4) is 11.6 Å². The molecule has 0 radical (unpaired) electrons. The van der Waals surface area contributed by atoms with E-state index in [0.29, 0.717) is 13.0 Å². The summed E-state index contributed by atoms with van der Waals surface area (Å²) in [6, 6.07) is 15.9. The molecule has 194 valence electrons. The van der Waals surface area contributed by atoms with Crippen LogP contribution in [0, 0.1) is 6.92 Å². The second kappa shape index (κ2) is 11.4. The second-order valence-corrected chi connectivity index (χ2v) is 9.45. The highest BCUT2D eigenvalue weighted by Gasteiger charge is 2.45. The van der Waals surface area contributed by atoms with Crippen LogP contribution in [0.4, 0.5) is 0 Å². The maximum absolute atomic E-state index is 10.4. The number of para-hydroxylation sites is 1. The summed E-state index contributed by atoms with van der Waals surface area (Å²) in [6.07, 6.45) is -6.50. The molecule has 0 aliphatic carbocycles. The third-order valence-corrected chi connectivity index (χ3v) is 6.33. The van der Waals surface area contributed by atoms with Crippen LogP contribution in [0.3, 0.4) is 0 Å². The Hall–Kier alpha value is -2.95. The molecule has 9 nitrogen and oxygen atoms in total. The van der Waals surface area contributed by atoms with E-state index in [2.05, 4.69) is 16.3 Å². The molecule has 1 aliphatic rings. The second-order valence-electron chi connectivity index (χ2n) is 9.45. The zero-order valence-electron chi connectivity index (χ0n) is 20.7. The average molecular weight is 499 g/mol. The zero-order chi connectivity index (χ0) is 25.8. The van der Waals surface area contributed by atoms with Gasteiger partial charge in [-0.3, -0.25) is 5.10 Å². The number of nitrogens with zero attached hydrogens (tertiary/aromatic N) is 1. The molecule has 1 fully saturated rings. The van der Waals surface area contributed by atoms with Gasteiger partial charge in [0.2, 0.25) is 12.2 Å². The number of aromatic nitrogens is 2. The van der Waals surface area contributed by atoms with Gasteiger partial charge in [0, 0.05) is 17.7 Å². The summed E-state index contributed by atoms with van der Waals surface area (Å²) in [7, 11) is 0. The molecule has 1 aliphatic heterocycles. The molecule has 2 aromatic carbocycles. The van der Waals surface area contributed by atoms with E-state index in [1.165, 1.54) is 5.56 Å². The van der Waals surface area contributed by atoms with Crippen LogP contribution in [0.2, 0.25) is 0 Å². The lowest BCUT2D eigenvalue weighted by Gasteiger charge is -2.39. The first-order valence-corrected chi connectivity index (χ1v) is 12.1. The average Bonchev–Trinajstić information content (AvgIpc) is 3.26. The van der Waals surface area contributed by atoms with Crippen LogP contribution in [0.25, 0.3) is 0 Å². The minimum atomic E-state index is -1.54. The first-order chi connectivity index (χ1) is 17.3. The van der Waals surface area contributed by atoms with Crippen molar-refractivity contribution in [3.05, 3.63) is 76.5 Å². The first-order valence-electron chi connectivity index (χ1n) is 12.1. The molecular formula is C27H34N2O7. The Bertz CT molecular complexity index is 1150. The fraction of sp³-hybridized carbons (Fsp3) is 0.444. The summed E-state index contributed by atoms with van der Waals surface area (Å²) in [5, 5.41) is 47.4. The number of ether oxygens (including phenoxy) is 3. The summed E-state index contributed by atoms with van der Waals surface area (Å²) in [5.41, 5.74) is 4.77. The van der Waals surface area contributed by atoms with Crippen molar-refractivity contribution in [1.82, 2.24) is 10.2 Å². The van der Waals surface area contributed by atoms with Crippen LogP contribution >= 0.6 is 0 Å². The SMILES string of the molecule is Cc1cccc(COc2ccccc2Cc2c(OC3O[C@H](CO)[C@@H](O)[C@H](O)[C@H]3O)n[nH]c2C(C)C)c1. The van der Waals surface area contributed by atoms with Gasteiger partial charge in [-0.1, -0.05) is 61.9 Å². The summed E-state index contributed by atoms with van der Waals surface area (Å²) in [4.78, 5) is 0. The quantitative estimate of drug-likeness (QED) is 0.303. The topological polar surface area (TPSA) is 137 Å². The predicted molar refractivity (Wildman–Crippen MR) is 132 cm³/mol. The van der Waals surface area contributed by atoms with Crippen molar-refractivity contribution in [1.29, 1.82) is 0 Å². The summed E-state index contributed by atoms with van der Waals surface area (Å²) in [5.74, 6) is 1.03. The van der Waals surface area contributed by atoms with Gasteiger partial charge in [0.05, 0.1) is 6.61 Å². The van der Waals surface area contributed by atoms with Crippen LogP contribution in [0.15, 0.2) is 48.5 Å². The van der Waals surface area contributed by atoms with Crippen LogP contribution < -0.4 is 9.47 Å². The fourth-order valence-corrected chi connectivity index (χ4v) is 4.33. The van der Waals surface area contributed by atoms with E-state index >= 15 is 0 Å². The highest BCUT2D eigenvalue weighted by molar-refractivity contribution is 5.43. The Morgan fingerprint density at radius 3 is 2.53 bits per heavy atom. The van der Waals surface area contributed by atoms with Gasteiger partial charge in [-0.2, -0.15) is 0 Å². The van der Waals surface area contributed by atoms with Crippen molar-refractivity contribution >= 4 is 0 Å². The van der Waals surface area contributed by atoms with Crippen molar-refractivity contribution in [2.24, 2.45) is 0 Å². The van der Waals surface area contributed by atoms with Crippen molar-refractivity contribution in [2.75, 3.05) is 6.61 Å². The summed E-state index contributed by atoms with van der Waals surface area (Å²) in [6.45, 7) is 5.97. The van der Waals surface area contributed by atoms with Gasteiger partial charge in [-0.05, 0) is 30.0 Å². The minimum absolute atomic E-state index is 0.0972. The van der Waals surface area contributed by atoms with E-state index in [-0.39, 0.29) is 11.8 Å². The molecule has 1 saturated heterocycles. The maximum atomic E-state index is 10.4. The molecule has 9 heteroatoms. The monoisotopic (exact) mass is 498 g/mol. The lowest BCUT2D eigenvalue weighted by atomic mass is 9.98. The molecule has 5 atom stereocenters. The van der Waals surface area contributed by atoms with Gasteiger partial charge in [-0.15, -0.1) is 5.10 Å². The molecule has 2 heterocycles. The van der Waals surface area contributed by atoms with Gasteiger partial charge in [0.25, 0.3) is 0 Å². The number of aromatic amines is 1. The van der Waals surface area contributed by atoms with E-state index in [9.17, 15) is 20.4 Å². The van der Waals surface area contributed by atoms with Crippen molar-refractivity contribution in [3.63, 3.8) is 0 Å². The molecule has 36 heavy (non-hydrogen) atoms. The van der Waals surface area contributed by atoms with Crippen LogP contribution in [-0.2, 0) is 17.8 Å². The molecule has 4 rings (SSSR count). The van der Waals surface area contributed by atoms with E-state index in [1.807, 2.05) is 63.2 Å². The molecule has 0 bridgehead atoms. The number of hydrogen-bond donors (Lipinski definition) is 5. The molecule has 1 aromatic heterocycles. The third kappa shape index (κ3) is 5.71. The van der Waals surface area contributed by atoms with Crippen LogP contribution in [0.1, 0.15) is 47.7 Å². The number of aryl methyl sites for hydroxylation is 1. The fourth-order valence-electron chi connectivity index (χ4n) is 4.33. The van der Waals surface area contributed by atoms with E-state index < -0.39 is 37.3 Å². The van der Waals surface area contributed by atoms with Gasteiger partial charge in [0.1, 0.15) is 36.8 Å². The number of benzene rings is 2. The summed E-state index contributed by atoms with van der Waals surface area (Å²) >= 11 is 0. The number of rotatable bonds is 9. The highest BCUT2D eigenvalue weighted by atomic mass is 16.7. The molecule has 0 spiro atoms. The smallest absolute Gasteiger partial charge is 0.238 e. The van der Waals surface area contributed by atoms with Gasteiger partial charge < -0.3 is 34.6 Å². The number of nitrogens with one attached hydrogen (secondary N) is 1. The van der Waals surface area contributed by atoms with Gasteiger partial charge in [0.15, 0.2) is 0 Å². The minimum Gasteiger partial charge on any atom is -0.489 e. The molecule has 0 amide bonds. The predicted octanol–water partition coefficient (Wildman–Crippen LogP) is 2.19. The standard InChI is InChI=1S/C27H34N2O7/c1-15(2)22-19(26(29-28-22)36-27-25(33)24(32)23(31)21(13-30)35-27)12-18-9-4-5-10-20(18)34-14-17-8-6-7-16(3)11-17/h4-11,15,21,23-25,27,30-33H,12-14H2,1-3H3,(H,28,29)/t21-,23-,24+,25-,27?/m1/s1. The zero-order valence-corrected chi connectivity index (χ0v) is 20.7. The van der Waals surface area contributed by atoms with E-state index in [4.69, 9.17) is 14.2 Å². The maximum Gasteiger partial charge on any atom is 0.238 e. The Labute approximate surface area is 210 Å². The normalized spacial score (nSPS) is 24.2. The number of H-pyrrole nitrogens is 1. The molecular weight excluding hydrogens is 464 g/mol. The van der Waals surface area contributed by atoms with Gasteiger partial charge >= 0.3 is 0 Å². The van der Waals surface area contributed by atoms with Crippen molar-refractivity contribution < 1.29 is 34.6 Å². The number of hydrogen-bond acceptors (Lipinski definition) is 8. The van der Waals surface area contributed by atoms with Crippen molar-refractivity contribution in [2.45, 2.75) is 70.4 Å². The molecule has 0 saturated carbocycles. The lowest BCUT2D eigenvalue weighted by molar-refractivity contribution is -0.278. The van der Waals surface area contributed by atoms with Gasteiger partial charge in [-0.25, -0.2) is 0 Å². The molecule has 5 N–H and O–H groups in total. The number of aliphatic hydroxyl groups excluding tert-OH is 4. The summed E-state index contributed by atoms with van der Waals surface area (Å²) < 4.78 is 17.6. The van der Waals surface area contributed by atoms with Crippen LogP contribution in [-0.4, -0.2) is 67.9 Å². The largest absolute Gasteiger partial charge is 0.489 e. The Kier molecular flexibility index (Phi) is 8.28. The number of aliphatic hydroxyl groups is 4. The Morgan fingerprint density at radius 1 is 1.03 bits per heavy atom. The first kappa shape index (κ1) is 26.1. The Morgan fingerprint density at radius 2 is 1.81 bits per heavy atom. The third-order valence-electron chi connectivity index (χ3n) is 6.33. The lowest BCUT2D eigenvalue weighted by Crippen LogP contribution is -2.60. The molecule has 1 unspecified atom stereocenters. The molecule has 3 aromatic rings. The van der Waals surface area contributed by atoms with E-state index in [1.54, 1.807) is 0 Å². The van der Waals surface area contributed by atoms with E-state index in [0.717, 1.165) is 28.1 Å².